The van der Waals surface area contributed by atoms with Gasteiger partial charge >= 0.3 is 53.8 Å². The van der Waals surface area contributed by atoms with Crippen LogP contribution in [0.5, 0.6) is 0 Å². The molecule has 72 heavy (non-hydrogen) atoms. The average Bonchev–Trinajstić information content (AvgIpc) is 3.19. The minimum absolute atomic E-state index is 0. The van der Waals surface area contributed by atoms with Gasteiger partial charge in [-0.3, -0.25) is 9.59 Å². The first-order chi connectivity index (χ1) is 31.9. The Kier molecular flexibility index (Phi) is 26.6. The third-order valence-corrected chi connectivity index (χ3v) is 13.1. The normalized spacial score (nSPS) is 21.0. The van der Waals surface area contributed by atoms with E-state index in [1.807, 2.05) is 12.1 Å². The number of rotatable bonds is 12. The number of nitrogens with zero attached hydrogens (tertiary/aromatic N) is 2. The van der Waals surface area contributed by atoms with Gasteiger partial charge in [-0.15, -0.1) is 0 Å². The third kappa shape index (κ3) is 20.6. The number of amides is 2. The molecule has 0 aromatic heterocycles. The number of quaternary nitrogens is 2. The number of anilines is 2. The molecule has 17 nitrogen and oxygen atoms in total. The maximum absolute atomic E-state index is 14.4. The van der Waals surface area contributed by atoms with Crippen LogP contribution in [0.25, 0.3) is 0 Å². The van der Waals surface area contributed by atoms with Crippen LogP contribution in [0, 0.1) is 47.7 Å². The van der Waals surface area contributed by atoms with Crippen molar-refractivity contribution in [3.8, 4) is 0 Å². The standard InChI is InChI=1S/C39H60N4O4.3CHF3O3S.Er/c1-26(2)30-16-13-17-31(27(3)4)36(30)40-38(44)34-20-9-11-22-42(34,46)24-15-25-43(47)23-12-10-21-35(43)39(45)41-37-32(28(5)6)18-14-19-33(37)29(7)8;3*2-1(3,4)8(5,6)7;/h13-14,16-19,26-29,34-35H,9-12,15,20-25H2,1-8H3,(H,40,44)(H,41,45);3*(H,5,6,7);/q;;;;+3/p-3/t34-,35-,42+,43+;;;;/m0..../s1. The summed E-state index contributed by atoms with van der Waals surface area (Å²) in [5.74, 6) is 0.462. The van der Waals surface area contributed by atoms with Crippen molar-refractivity contribution in [1.29, 1.82) is 0 Å². The maximum atomic E-state index is 14.4. The fourth-order valence-electron chi connectivity index (χ4n) is 7.85. The largest absolute Gasteiger partial charge is 3.00 e. The number of benzene rings is 2. The van der Waals surface area contributed by atoms with Crippen LogP contribution in [0.2, 0.25) is 0 Å². The molecule has 4 atom stereocenters. The summed E-state index contributed by atoms with van der Waals surface area (Å²) in [6.07, 6.45) is 4.65. The van der Waals surface area contributed by atoms with Gasteiger partial charge < -0.3 is 44.0 Å². The molecular formula is C42H60ErF9N4O13S3. The van der Waals surface area contributed by atoms with Gasteiger partial charge in [0.1, 0.15) is 0 Å². The Bertz CT molecular complexity index is 2190. The van der Waals surface area contributed by atoms with Crippen molar-refractivity contribution in [3.05, 3.63) is 69.1 Å². The first-order valence-electron chi connectivity index (χ1n) is 22.0. The van der Waals surface area contributed by atoms with Gasteiger partial charge in [0.2, 0.25) is 0 Å². The van der Waals surface area contributed by atoms with Gasteiger partial charge in [-0.05, 0) is 71.6 Å². The summed E-state index contributed by atoms with van der Waals surface area (Å²) in [7, 11) is -18.3. The van der Waals surface area contributed by atoms with Crippen molar-refractivity contribution < 1.29 is 135 Å². The molecule has 419 valence electrons. The summed E-state index contributed by atoms with van der Waals surface area (Å²) in [6.45, 7) is 18.1. The predicted molar refractivity (Wildman–Crippen MR) is 240 cm³/mol. The molecular weight excluding hydrogens is 1200 g/mol. The first-order valence-corrected chi connectivity index (χ1v) is 26.2. The van der Waals surface area contributed by atoms with Crippen molar-refractivity contribution in [2.24, 2.45) is 0 Å². The summed E-state index contributed by atoms with van der Waals surface area (Å²) in [5.41, 5.74) is -11.0. The molecule has 2 saturated heterocycles. The Morgan fingerprint density at radius 2 is 0.750 bits per heavy atom. The average molecular weight is 1260 g/mol. The molecule has 0 saturated carbocycles. The topological polar surface area (TPSA) is 276 Å². The number of piperidine rings is 2. The van der Waals surface area contributed by atoms with Crippen molar-refractivity contribution >= 4 is 53.5 Å². The molecule has 0 spiro atoms. The third-order valence-electron chi connectivity index (χ3n) is 11.4. The number of carbonyl (C=O) groups excluding carboxylic acids is 2. The van der Waals surface area contributed by atoms with E-state index in [-0.39, 0.29) is 85.9 Å². The number of halogens is 9. The summed E-state index contributed by atoms with van der Waals surface area (Å²) < 4.78 is 175. The monoisotopic (exact) mass is 1260 g/mol. The minimum atomic E-state index is -6.09. The van der Waals surface area contributed by atoms with E-state index in [0.717, 1.165) is 59.3 Å². The summed E-state index contributed by atoms with van der Waals surface area (Å²) in [6, 6.07) is 10.9. The van der Waals surface area contributed by atoms with Crippen molar-refractivity contribution in [2.45, 2.75) is 153 Å². The SMILES string of the molecule is CC(C)c1cccc(C(C)C)c1NC(=O)[C@@H]1CCCC[N@@+]1([O-])CCC[N@+]1([O-])CCCC[C@H]1C(=O)Nc1c(C(C)C)cccc1C(C)C.O=S(=O)([O-])C(F)(F)F.O=S(=O)([O-])C(F)(F)F.O=S(=O)([O-])C(F)(F)F.[Er+3]. The van der Waals surface area contributed by atoms with Crippen LogP contribution in [0.3, 0.4) is 0 Å². The van der Waals surface area contributed by atoms with E-state index in [2.05, 4.69) is 90.3 Å². The Morgan fingerprint density at radius 3 is 0.944 bits per heavy atom. The molecule has 1 radical (unpaired) electrons. The zero-order valence-corrected chi connectivity index (χ0v) is 44.6. The van der Waals surface area contributed by atoms with Gasteiger partial charge in [0.25, 0.3) is 11.8 Å². The summed E-state index contributed by atoms with van der Waals surface area (Å²) in [4.78, 5) is 27.8. The number of hydrogen-bond acceptors (Lipinski definition) is 13. The zero-order chi connectivity index (χ0) is 55.5. The van der Waals surface area contributed by atoms with Crippen LogP contribution < -0.4 is 10.6 Å². The Hall–Kier alpha value is -2.43. The van der Waals surface area contributed by atoms with E-state index in [9.17, 15) is 59.5 Å². The Balaban J connectivity index is 0.00000165. The number of alkyl halides is 9. The van der Waals surface area contributed by atoms with Gasteiger partial charge in [-0.1, -0.05) is 91.8 Å². The molecule has 2 amide bonds. The van der Waals surface area contributed by atoms with E-state index < -0.39 is 68.3 Å². The molecule has 2 fully saturated rings. The van der Waals surface area contributed by atoms with Gasteiger partial charge in [-0.2, -0.15) is 39.5 Å². The van der Waals surface area contributed by atoms with E-state index in [1.165, 1.54) is 0 Å². The number of likely N-dealkylation sites (tertiary alicyclic amines) is 2. The molecule has 2 N–H and O–H groups in total. The van der Waals surface area contributed by atoms with E-state index in [1.54, 1.807) is 0 Å². The number of hydrogen-bond donors (Lipinski definition) is 2. The molecule has 0 bridgehead atoms. The molecule has 2 aromatic rings. The van der Waals surface area contributed by atoms with Crippen LogP contribution >= 0.6 is 0 Å². The van der Waals surface area contributed by atoms with Gasteiger partial charge in [-0.25, -0.2) is 25.3 Å². The smallest absolute Gasteiger partial charge is 0.741 e. The number of nitrogens with one attached hydrogen (secondary N) is 2. The first kappa shape index (κ1) is 69.6. The van der Waals surface area contributed by atoms with Crippen molar-refractivity contribution in [2.75, 3.05) is 36.8 Å². The molecule has 2 aliphatic rings. The fraction of sp³-hybridized carbons (Fsp3) is 0.667. The Labute approximate surface area is 443 Å². The van der Waals surface area contributed by atoms with E-state index in [0.29, 0.717) is 32.4 Å². The quantitative estimate of drug-likeness (QED) is 0.0660. The van der Waals surface area contributed by atoms with Gasteiger partial charge in [0.05, 0.1) is 26.2 Å². The van der Waals surface area contributed by atoms with Crippen LogP contribution in [0.15, 0.2) is 36.4 Å². The second kappa shape index (κ2) is 27.6. The minimum Gasteiger partial charge on any atom is -0.741 e. The maximum Gasteiger partial charge on any atom is 3.00 e. The fourth-order valence-corrected chi connectivity index (χ4v) is 7.85. The number of hydroxylamine groups is 6. The second-order valence-electron chi connectivity index (χ2n) is 18.1. The summed E-state index contributed by atoms with van der Waals surface area (Å²) in [5, 5.41) is 35.3. The van der Waals surface area contributed by atoms with Crippen LogP contribution in [-0.2, 0) is 39.9 Å². The van der Waals surface area contributed by atoms with Crippen molar-refractivity contribution in [1.82, 2.24) is 0 Å². The number of para-hydroxylation sites is 2. The molecule has 2 aliphatic heterocycles. The van der Waals surface area contributed by atoms with Crippen LogP contribution in [0.4, 0.5) is 50.9 Å². The molecule has 30 heteroatoms. The molecule has 2 aromatic carbocycles. The molecule has 0 unspecified atom stereocenters. The van der Waals surface area contributed by atoms with Gasteiger partial charge in [0.15, 0.2) is 42.4 Å². The second-order valence-corrected chi connectivity index (χ2v) is 22.2. The number of carbonyl (C=O) groups is 2. The van der Waals surface area contributed by atoms with Crippen LogP contribution in [0.1, 0.15) is 146 Å². The summed E-state index contributed by atoms with van der Waals surface area (Å²) >= 11 is 0. The molecule has 2 heterocycles. The Morgan fingerprint density at radius 1 is 0.528 bits per heavy atom. The van der Waals surface area contributed by atoms with Gasteiger partial charge in [0, 0.05) is 30.6 Å². The molecule has 4 rings (SSSR count). The van der Waals surface area contributed by atoms with E-state index >= 15 is 0 Å². The van der Waals surface area contributed by atoms with E-state index in [4.69, 9.17) is 38.9 Å². The predicted octanol–water partition coefficient (Wildman–Crippen LogP) is 9.04. The van der Waals surface area contributed by atoms with Crippen LogP contribution in [-0.4, -0.2) is 115 Å². The van der Waals surface area contributed by atoms with Crippen molar-refractivity contribution in [3.63, 3.8) is 0 Å². The zero-order valence-electron chi connectivity index (χ0n) is 40.3. The molecule has 0 aliphatic carbocycles.